The van der Waals surface area contributed by atoms with Crippen molar-refractivity contribution in [2.45, 2.75) is 25.6 Å². The van der Waals surface area contributed by atoms with Gasteiger partial charge in [0, 0.05) is 12.2 Å². The summed E-state index contributed by atoms with van der Waals surface area (Å²) in [5.41, 5.74) is 0.603. The number of benzene rings is 1. The molecule has 3 nitrogen and oxygen atoms in total. The molecule has 0 spiro atoms. The summed E-state index contributed by atoms with van der Waals surface area (Å²) in [6.07, 6.45) is 2.99. The SMILES string of the molecule is COc1ccc(C#CCOC2CCCCO2)cc1F. The first-order valence-electron chi connectivity index (χ1n) is 6.35. The van der Waals surface area contributed by atoms with Gasteiger partial charge in [0.15, 0.2) is 17.9 Å². The number of halogens is 1. The largest absolute Gasteiger partial charge is 0.494 e. The van der Waals surface area contributed by atoms with Crippen LogP contribution in [-0.2, 0) is 9.47 Å². The van der Waals surface area contributed by atoms with Gasteiger partial charge in [-0.25, -0.2) is 4.39 Å². The van der Waals surface area contributed by atoms with Crippen molar-refractivity contribution < 1.29 is 18.6 Å². The van der Waals surface area contributed by atoms with Gasteiger partial charge in [0.1, 0.15) is 6.61 Å². The van der Waals surface area contributed by atoms with E-state index < -0.39 is 5.82 Å². The maximum absolute atomic E-state index is 13.4. The average molecular weight is 264 g/mol. The molecule has 0 aliphatic carbocycles. The Morgan fingerprint density at radius 2 is 2.32 bits per heavy atom. The third kappa shape index (κ3) is 4.23. The van der Waals surface area contributed by atoms with Crippen LogP contribution in [0.5, 0.6) is 5.75 Å². The third-order valence-electron chi connectivity index (χ3n) is 2.86. The predicted molar refractivity (Wildman–Crippen MR) is 69.4 cm³/mol. The van der Waals surface area contributed by atoms with E-state index in [1.807, 2.05) is 0 Å². The van der Waals surface area contributed by atoms with Crippen molar-refractivity contribution in [3.05, 3.63) is 29.6 Å². The van der Waals surface area contributed by atoms with E-state index in [2.05, 4.69) is 11.8 Å². The molecule has 1 unspecified atom stereocenters. The van der Waals surface area contributed by atoms with Crippen molar-refractivity contribution in [2.75, 3.05) is 20.3 Å². The first kappa shape index (κ1) is 13.9. The Labute approximate surface area is 112 Å². The standard InChI is InChI=1S/C15H17FO3/c1-17-14-8-7-12(11-13(14)16)5-4-10-19-15-6-2-3-9-18-15/h7-8,11,15H,2-3,6,9-10H2,1H3. The molecular formula is C15H17FO3. The zero-order valence-electron chi connectivity index (χ0n) is 10.9. The van der Waals surface area contributed by atoms with Crippen molar-refractivity contribution in [1.29, 1.82) is 0 Å². The summed E-state index contributed by atoms with van der Waals surface area (Å²) in [5.74, 6) is 5.51. The summed E-state index contributed by atoms with van der Waals surface area (Å²) < 4.78 is 29.1. The summed E-state index contributed by atoms with van der Waals surface area (Å²) in [4.78, 5) is 0. The number of hydrogen-bond acceptors (Lipinski definition) is 3. The smallest absolute Gasteiger partial charge is 0.166 e. The fourth-order valence-corrected chi connectivity index (χ4v) is 1.86. The lowest BCUT2D eigenvalue weighted by Gasteiger charge is -2.21. The summed E-state index contributed by atoms with van der Waals surface area (Å²) in [5, 5.41) is 0. The van der Waals surface area contributed by atoms with Crippen LogP contribution < -0.4 is 4.74 Å². The van der Waals surface area contributed by atoms with Gasteiger partial charge in [-0.3, -0.25) is 0 Å². The van der Waals surface area contributed by atoms with Gasteiger partial charge in [0.05, 0.1) is 7.11 Å². The van der Waals surface area contributed by atoms with Gasteiger partial charge in [-0.2, -0.15) is 0 Å². The molecule has 0 radical (unpaired) electrons. The van der Waals surface area contributed by atoms with Crippen molar-refractivity contribution >= 4 is 0 Å². The lowest BCUT2D eigenvalue weighted by atomic mass is 10.2. The summed E-state index contributed by atoms with van der Waals surface area (Å²) >= 11 is 0. The van der Waals surface area contributed by atoms with Crippen LogP contribution in [0.2, 0.25) is 0 Å². The van der Waals surface area contributed by atoms with Crippen molar-refractivity contribution in [2.24, 2.45) is 0 Å². The fraction of sp³-hybridized carbons (Fsp3) is 0.467. The molecule has 102 valence electrons. The first-order valence-corrected chi connectivity index (χ1v) is 6.35. The van der Waals surface area contributed by atoms with E-state index >= 15 is 0 Å². The molecule has 1 aliphatic rings. The zero-order valence-corrected chi connectivity index (χ0v) is 10.9. The van der Waals surface area contributed by atoms with E-state index in [9.17, 15) is 4.39 Å². The van der Waals surface area contributed by atoms with E-state index in [4.69, 9.17) is 14.2 Å². The van der Waals surface area contributed by atoms with Crippen molar-refractivity contribution in [3.8, 4) is 17.6 Å². The summed E-state index contributed by atoms with van der Waals surface area (Å²) in [6, 6.07) is 4.62. The Bertz CT molecular complexity index is 470. The molecule has 0 N–H and O–H groups in total. The molecule has 19 heavy (non-hydrogen) atoms. The van der Waals surface area contributed by atoms with Crippen molar-refractivity contribution in [1.82, 2.24) is 0 Å². The monoisotopic (exact) mass is 264 g/mol. The fourth-order valence-electron chi connectivity index (χ4n) is 1.86. The Morgan fingerprint density at radius 1 is 1.42 bits per heavy atom. The van der Waals surface area contributed by atoms with Crippen LogP contribution in [0, 0.1) is 17.7 Å². The van der Waals surface area contributed by atoms with E-state index in [0.29, 0.717) is 5.56 Å². The number of hydrogen-bond donors (Lipinski definition) is 0. The molecule has 1 aromatic rings. The highest BCUT2D eigenvalue weighted by molar-refractivity contribution is 5.39. The molecule has 0 amide bonds. The molecule has 4 heteroatoms. The second-order valence-corrected chi connectivity index (χ2v) is 4.26. The maximum atomic E-state index is 13.4. The lowest BCUT2D eigenvalue weighted by molar-refractivity contribution is -0.154. The highest BCUT2D eigenvalue weighted by Gasteiger charge is 2.12. The van der Waals surface area contributed by atoms with Crippen LogP contribution in [0.15, 0.2) is 18.2 Å². The van der Waals surface area contributed by atoms with E-state index in [-0.39, 0.29) is 18.6 Å². The van der Waals surface area contributed by atoms with Crippen LogP contribution >= 0.6 is 0 Å². The lowest BCUT2D eigenvalue weighted by Crippen LogP contribution is -2.22. The number of methoxy groups -OCH3 is 1. The van der Waals surface area contributed by atoms with Gasteiger partial charge in [0.25, 0.3) is 0 Å². The second kappa shape index (κ2) is 7.13. The molecule has 0 aromatic heterocycles. The van der Waals surface area contributed by atoms with Gasteiger partial charge < -0.3 is 14.2 Å². The third-order valence-corrected chi connectivity index (χ3v) is 2.86. The molecule has 1 aliphatic heterocycles. The minimum atomic E-state index is -0.411. The van der Waals surface area contributed by atoms with Crippen LogP contribution in [0.25, 0.3) is 0 Å². The molecule has 1 fully saturated rings. The number of rotatable bonds is 3. The highest BCUT2D eigenvalue weighted by Crippen LogP contribution is 2.17. The Kier molecular flexibility index (Phi) is 5.20. The van der Waals surface area contributed by atoms with Crippen molar-refractivity contribution in [3.63, 3.8) is 0 Å². The van der Waals surface area contributed by atoms with Crippen LogP contribution in [0.1, 0.15) is 24.8 Å². The Hall–Kier alpha value is -1.57. The maximum Gasteiger partial charge on any atom is 0.166 e. The minimum Gasteiger partial charge on any atom is -0.494 e. The van der Waals surface area contributed by atoms with Crippen LogP contribution in [0.3, 0.4) is 0 Å². The molecule has 1 heterocycles. The second-order valence-electron chi connectivity index (χ2n) is 4.26. The highest BCUT2D eigenvalue weighted by atomic mass is 19.1. The van der Waals surface area contributed by atoms with Crippen LogP contribution in [0.4, 0.5) is 4.39 Å². The van der Waals surface area contributed by atoms with Gasteiger partial charge in [-0.15, -0.1) is 0 Å². The predicted octanol–water partition coefficient (Wildman–Crippen LogP) is 2.73. The van der Waals surface area contributed by atoms with Gasteiger partial charge in [-0.1, -0.05) is 11.8 Å². The quantitative estimate of drug-likeness (QED) is 0.786. The molecule has 0 saturated carbocycles. The molecule has 1 saturated heterocycles. The molecule has 1 aromatic carbocycles. The van der Waals surface area contributed by atoms with E-state index in [1.54, 1.807) is 12.1 Å². The molecule has 2 rings (SSSR count). The Balaban J connectivity index is 1.84. The Morgan fingerprint density at radius 3 is 3.00 bits per heavy atom. The molecular weight excluding hydrogens is 247 g/mol. The van der Waals surface area contributed by atoms with Gasteiger partial charge >= 0.3 is 0 Å². The van der Waals surface area contributed by atoms with Crippen LogP contribution in [-0.4, -0.2) is 26.6 Å². The van der Waals surface area contributed by atoms with E-state index in [1.165, 1.54) is 13.2 Å². The first-order chi connectivity index (χ1) is 9.29. The summed E-state index contributed by atoms with van der Waals surface area (Å²) in [7, 11) is 1.43. The summed E-state index contributed by atoms with van der Waals surface area (Å²) in [6.45, 7) is 1.04. The topological polar surface area (TPSA) is 27.7 Å². The minimum absolute atomic E-state index is 0.143. The van der Waals surface area contributed by atoms with Gasteiger partial charge in [0.2, 0.25) is 0 Å². The zero-order chi connectivity index (χ0) is 13.5. The average Bonchev–Trinajstić information content (AvgIpc) is 2.45. The normalized spacial score (nSPS) is 18.5. The van der Waals surface area contributed by atoms with E-state index in [0.717, 1.165) is 25.9 Å². The van der Waals surface area contributed by atoms with Gasteiger partial charge in [-0.05, 0) is 37.5 Å². The molecule has 0 bridgehead atoms. The number of ether oxygens (including phenoxy) is 3. The molecule has 1 atom stereocenters.